The Morgan fingerprint density at radius 3 is 2.96 bits per heavy atom. The number of nitrogens with zero attached hydrogens (tertiary/aromatic N) is 1. The summed E-state index contributed by atoms with van der Waals surface area (Å²) in [5.41, 5.74) is 1.89. The number of pyridine rings is 1. The molecule has 1 unspecified atom stereocenters. The van der Waals surface area contributed by atoms with Crippen molar-refractivity contribution < 1.29 is 14.3 Å². The van der Waals surface area contributed by atoms with E-state index >= 15 is 0 Å². The van der Waals surface area contributed by atoms with Gasteiger partial charge in [-0.3, -0.25) is 4.79 Å². The summed E-state index contributed by atoms with van der Waals surface area (Å²) in [6.07, 6.45) is 2.42. The summed E-state index contributed by atoms with van der Waals surface area (Å²) >= 11 is 6.02. The highest BCUT2D eigenvalue weighted by molar-refractivity contribution is 6.30. The summed E-state index contributed by atoms with van der Waals surface area (Å²) in [4.78, 5) is 16.6. The molecule has 0 fully saturated rings. The zero-order valence-electron chi connectivity index (χ0n) is 14.3. The minimum atomic E-state index is -0.220. The predicted molar refractivity (Wildman–Crippen MR) is 96.0 cm³/mol. The molecular formula is C19H21ClN2O3. The second-order valence-corrected chi connectivity index (χ2v) is 6.79. The van der Waals surface area contributed by atoms with Gasteiger partial charge in [0, 0.05) is 23.8 Å². The molecule has 132 valence electrons. The fraction of sp³-hybridized carbons (Fsp3) is 0.368. The van der Waals surface area contributed by atoms with Crippen molar-refractivity contribution in [1.82, 2.24) is 10.3 Å². The smallest absolute Gasteiger partial charge is 0.227 e. The molecule has 0 saturated heterocycles. The van der Waals surface area contributed by atoms with Gasteiger partial charge in [-0.2, -0.15) is 0 Å². The third-order valence-corrected chi connectivity index (χ3v) is 4.16. The van der Waals surface area contributed by atoms with Crippen LogP contribution in [0.25, 0.3) is 0 Å². The lowest BCUT2D eigenvalue weighted by Gasteiger charge is -2.24. The lowest BCUT2D eigenvalue weighted by molar-refractivity contribution is -0.126. The Kier molecular flexibility index (Phi) is 5.43. The third kappa shape index (κ3) is 4.63. The molecule has 5 nitrogen and oxygen atoms in total. The van der Waals surface area contributed by atoms with Gasteiger partial charge in [-0.15, -0.1) is 0 Å². The molecule has 1 aliphatic heterocycles. The molecule has 0 radical (unpaired) electrons. The number of amides is 1. The molecule has 25 heavy (non-hydrogen) atoms. The number of rotatable bonds is 5. The van der Waals surface area contributed by atoms with Gasteiger partial charge in [-0.25, -0.2) is 4.98 Å². The van der Waals surface area contributed by atoms with Crippen LogP contribution in [0, 0.1) is 5.92 Å². The first-order chi connectivity index (χ1) is 12.0. The zero-order chi connectivity index (χ0) is 17.8. The van der Waals surface area contributed by atoms with Gasteiger partial charge < -0.3 is 14.8 Å². The Hall–Kier alpha value is -2.27. The molecule has 2 heterocycles. The van der Waals surface area contributed by atoms with Crippen LogP contribution >= 0.6 is 11.6 Å². The van der Waals surface area contributed by atoms with Gasteiger partial charge in [-0.1, -0.05) is 17.7 Å². The second kappa shape index (κ2) is 7.74. The van der Waals surface area contributed by atoms with E-state index in [1.165, 1.54) is 0 Å². The third-order valence-electron chi connectivity index (χ3n) is 3.92. The van der Waals surface area contributed by atoms with Gasteiger partial charge in [0.1, 0.15) is 12.4 Å². The maximum Gasteiger partial charge on any atom is 0.227 e. The van der Waals surface area contributed by atoms with Crippen LogP contribution in [0.4, 0.5) is 0 Å². The van der Waals surface area contributed by atoms with Gasteiger partial charge in [0.05, 0.1) is 12.0 Å². The molecule has 6 heteroatoms. The van der Waals surface area contributed by atoms with E-state index in [-0.39, 0.29) is 17.9 Å². The Bertz CT molecular complexity index is 747. The SMILES string of the molecule is CC(C)Oc1ccc(CNC(=O)C2COc3ccc(Cl)cc3C2)cn1. The molecule has 3 rings (SSSR count). The highest BCUT2D eigenvalue weighted by Gasteiger charge is 2.26. The highest BCUT2D eigenvalue weighted by Crippen LogP contribution is 2.29. The lowest BCUT2D eigenvalue weighted by Crippen LogP contribution is -2.37. The van der Waals surface area contributed by atoms with Crippen LogP contribution in [-0.4, -0.2) is 23.6 Å². The van der Waals surface area contributed by atoms with Crippen molar-refractivity contribution in [2.24, 2.45) is 5.92 Å². The van der Waals surface area contributed by atoms with Crippen molar-refractivity contribution in [2.75, 3.05) is 6.61 Å². The van der Waals surface area contributed by atoms with Crippen LogP contribution < -0.4 is 14.8 Å². The first-order valence-electron chi connectivity index (χ1n) is 8.32. The number of hydrogen-bond acceptors (Lipinski definition) is 4. The molecule has 1 aliphatic rings. The first kappa shape index (κ1) is 17.5. The number of carbonyl (C=O) groups is 1. The van der Waals surface area contributed by atoms with Crippen molar-refractivity contribution >= 4 is 17.5 Å². The van der Waals surface area contributed by atoms with E-state index in [0.29, 0.717) is 30.5 Å². The fourth-order valence-corrected chi connectivity index (χ4v) is 2.89. The van der Waals surface area contributed by atoms with Gasteiger partial charge >= 0.3 is 0 Å². The monoisotopic (exact) mass is 360 g/mol. The number of fused-ring (bicyclic) bond motifs is 1. The van der Waals surface area contributed by atoms with E-state index in [2.05, 4.69) is 10.3 Å². The quantitative estimate of drug-likeness (QED) is 0.887. The molecule has 1 N–H and O–H groups in total. The molecule has 1 atom stereocenters. The normalized spacial score (nSPS) is 16.1. The fourth-order valence-electron chi connectivity index (χ4n) is 2.69. The number of carbonyl (C=O) groups excluding carboxylic acids is 1. The number of halogens is 1. The molecule has 0 aliphatic carbocycles. The summed E-state index contributed by atoms with van der Waals surface area (Å²) in [6.45, 7) is 4.70. The highest BCUT2D eigenvalue weighted by atomic mass is 35.5. The Balaban J connectivity index is 1.54. The number of hydrogen-bond donors (Lipinski definition) is 1. The van der Waals surface area contributed by atoms with Crippen LogP contribution in [0.15, 0.2) is 36.5 Å². The zero-order valence-corrected chi connectivity index (χ0v) is 15.0. The van der Waals surface area contributed by atoms with E-state index in [4.69, 9.17) is 21.1 Å². The Labute approximate surface area is 152 Å². The number of nitrogens with one attached hydrogen (secondary N) is 1. The van der Waals surface area contributed by atoms with Gasteiger partial charge in [-0.05, 0) is 49.6 Å². The number of ether oxygens (including phenoxy) is 2. The van der Waals surface area contributed by atoms with Crippen molar-refractivity contribution in [1.29, 1.82) is 0 Å². The lowest BCUT2D eigenvalue weighted by atomic mass is 9.96. The molecule has 1 aromatic carbocycles. The minimum Gasteiger partial charge on any atom is -0.492 e. The minimum absolute atomic E-state index is 0.0341. The van der Waals surface area contributed by atoms with E-state index in [9.17, 15) is 4.79 Å². The van der Waals surface area contributed by atoms with Crippen molar-refractivity contribution in [3.63, 3.8) is 0 Å². The maximum absolute atomic E-state index is 12.4. The average molecular weight is 361 g/mol. The predicted octanol–water partition coefficient (Wildman–Crippen LogP) is 3.39. The molecule has 0 spiro atoms. The Morgan fingerprint density at radius 1 is 1.40 bits per heavy atom. The first-order valence-corrected chi connectivity index (χ1v) is 8.69. The summed E-state index contributed by atoms with van der Waals surface area (Å²) in [5, 5.41) is 3.59. The largest absolute Gasteiger partial charge is 0.492 e. The number of aromatic nitrogens is 1. The molecule has 0 saturated carbocycles. The van der Waals surface area contributed by atoms with Crippen LogP contribution in [-0.2, 0) is 17.8 Å². The second-order valence-electron chi connectivity index (χ2n) is 6.35. The van der Waals surface area contributed by atoms with Crippen LogP contribution in [0.5, 0.6) is 11.6 Å². The average Bonchev–Trinajstić information content (AvgIpc) is 2.59. The Morgan fingerprint density at radius 2 is 2.24 bits per heavy atom. The topological polar surface area (TPSA) is 60.5 Å². The van der Waals surface area contributed by atoms with Gasteiger partial charge in [0.15, 0.2) is 0 Å². The summed E-state index contributed by atoms with van der Waals surface area (Å²) in [5.74, 6) is 1.13. The van der Waals surface area contributed by atoms with Crippen LogP contribution in [0.1, 0.15) is 25.0 Å². The van der Waals surface area contributed by atoms with Crippen molar-refractivity contribution in [3.05, 3.63) is 52.7 Å². The van der Waals surface area contributed by atoms with Crippen LogP contribution in [0.2, 0.25) is 5.02 Å². The van der Waals surface area contributed by atoms with Crippen molar-refractivity contribution in [3.8, 4) is 11.6 Å². The van der Waals surface area contributed by atoms with E-state index < -0.39 is 0 Å². The molecule has 1 aromatic heterocycles. The summed E-state index contributed by atoms with van der Waals surface area (Å²) < 4.78 is 11.2. The standard InChI is InChI=1S/C19H21ClN2O3/c1-12(2)25-18-6-3-13(9-21-18)10-22-19(23)15-7-14-8-16(20)4-5-17(14)24-11-15/h3-6,8-9,12,15H,7,10-11H2,1-2H3,(H,22,23). The number of benzene rings is 1. The summed E-state index contributed by atoms with van der Waals surface area (Å²) in [6, 6.07) is 9.20. The molecular weight excluding hydrogens is 340 g/mol. The van der Waals surface area contributed by atoms with Crippen molar-refractivity contribution in [2.45, 2.75) is 32.9 Å². The van der Waals surface area contributed by atoms with E-state index in [1.54, 1.807) is 12.3 Å². The molecule has 0 bridgehead atoms. The molecule has 2 aromatic rings. The van der Waals surface area contributed by atoms with Crippen LogP contribution in [0.3, 0.4) is 0 Å². The van der Waals surface area contributed by atoms with Gasteiger partial charge in [0.25, 0.3) is 0 Å². The summed E-state index contributed by atoms with van der Waals surface area (Å²) in [7, 11) is 0. The molecule has 1 amide bonds. The van der Waals surface area contributed by atoms with Gasteiger partial charge in [0.2, 0.25) is 11.8 Å². The maximum atomic E-state index is 12.4. The van der Waals surface area contributed by atoms with E-state index in [0.717, 1.165) is 16.9 Å². The van der Waals surface area contributed by atoms with E-state index in [1.807, 2.05) is 38.1 Å².